The zero-order chi connectivity index (χ0) is 25.7. The Morgan fingerprint density at radius 2 is 1.47 bits per heavy atom. The van der Waals surface area contributed by atoms with Crippen molar-refractivity contribution in [1.82, 2.24) is 9.55 Å². The van der Waals surface area contributed by atoms with Gasteiger partial charge in [-0.2, -0.15) is 0 Å². The smallest absolute Gasteiger partial charge is 0.343 e. The van der Waals surface area contributed by atoms with Gasteiger partial charge >= 0.3 is 5.97 Å². The normalized spacial score (nSPS) is 11.7. The number of benzene rings is 3. The van der Waals surface area contributed by atoms with Gasteiger partial charge in [-0.1, -0.05) is 6.07 Å². The first-order chi connectivity index (χ1) is 17.4. The lowest BCUT2D eigenvalue weighted by Crippen LogP contribution is -2.07. The summed E-state index contributed by atoms with van der Waals surface area (Å²) in [5, 5.41) is 0. The van der Waals surface area contributed by atoms with Crippen molar-refractivity contribution in [3.63, 3.8) is 0 Å². The molecule has 4 rings (SSSR count). The molecule has 0 saturated heterocycles. The Labute approximate surface area is 212 Å². The zero-order valence-corrected chi connectivity index (χ0v) is 21.4. The van der Waals surface area contributed by atoms with E-state index in [4.69, 9.17) is 19.2 Å². The van der Waals surface area contributed by atoms with Crippen LogP contribution in [-0.2, 0) is 4.74 Å². The minimum Gasteiger partial charge on any atom is -0.494 e. The molecule has 0 bridgehead atoms. The van der Waals surface area contributed by atoms with Crippen LogP contribution < -0.4 is 9.47 Å². The number of aromatic nitrogens is 2. The molecule has 0 N–H and O–H groups in total. The molecule has 0 aliphatic carbocycles. The van der Waals surface area contributed by atoms with E-state index in [2.05, 4.69) is 36.6 Å². The monoisotopic (exact) mass is 484 g/mol. The molecule has 1 heterocycles. The molecule has 6 nitrogen and oxygen atoms in total. The van der Waals surface area contributed by atoms with Gasteiger partial charge in [-0.15, -0.1) is 0 Å². The van der Waals surface area contributed by atoms with Crippen molar-refractivity contribution < 1.29 is 19.0 Å². The van der Waals surface area contributed by atoms with Crippen molar-refractivity contribution in [2.45, 2.75) is 40.7 Å². The van der Waals surface area contributed by atoms with Crippen LogP contribution in [0.25, 0.3) is 22.9 Å². The van der Waals surface area contributed by atoms with Gasteiger partial charge in [-0.05, 0) is 101 Å². The first-order valence-electron chi connectivity index (χ1n) is 12.3. The number of carbonyl (C=O) groups is 1. The summed E-state index contributed by atoms with van der Waals surface area (Å²) in [6.07, 6.45) is 1.83. The highest BCUT2D eigenvalue weighted by Gasteiger charge is 2.17. The number of ether oxygens (including phenoxy) is 3. The third kappa shape index (κ3) is 5.60. The molecular weight excluding hydrogens is 452 g/mol. The van der Waals surface area contributed by atoms with Gasteiger partial charge in [0.25, 0.3) is 0 Å². The molecule has 0 aliphatic rings. The van der Waals surface area contributed by atoms with Crippen molar-refractivity contribution >= 4 is 28.8 Å². The molecule has 186 valence electrons. The first-order valence-corrected chi connectivity index (χ1v) is 12.3. The number of aryl methyl sites for hydroxylation is 1. The number of esters is 1. The Hall–Kier alpha value is -4.06. The summed E-state index contributed by atoms with van der Waals surface area (Å²) in [4.78, 5) is 18.0. The van der Waals surface area contributed by atoms with Crippen molar-refractivity contribution in [3.05, 3.63) is 89.2 Å². The average molecular weight is 485 g/mol. The third-order valence-electron chi connectivity index (χ3n) is 5.70. The Bertz CT molecular complexity index is 1370. The molecule has 1 aromatic heterocycles. The molecule has 36 heavy (non-hydrogen) atoms. The van der Waals surface area contributed by atoms with Gasteiger partial charge in [-0.3, -0.25) is 0 Å². The molecule has 0 unspecified atom stereocenters. The van der Waals surface area contributed by atoms with Crippen LogP contribution in [0.15, 0.2) is 66.7 Å². The van der Waals surface area contributed by atoms with Crippen LogP contribution in [0.3, 0.4) is 0 Å². The molecular formula is C30H32N2O4. The van der Waals surface area contributed by atoms with E-state index in [1.54, 1.807) is 24.3 Å². The largest absolute Gasteiger partial charge is 0.494 e. The third-order valence-corrected chi connectivity index (χ3v) is 5.70. The maximum Gasteiger partial charge on any atom is 0.343 e. The minimum absolute atomic E-state index is 0.160. The van der Waals surface area contributed by atoms with Crippen molar-refractivity contribution in [3.8, 4) is 11.5 Å². The van der Waals surface area contributed by atoms with Crippen molar-refractivity contribution in [2.75, 3.05) is 13.2 Å². The molecule has 0 spiro atoms. The lowest BCUT2D eigenvalue weighted by atomic mass is 10.1. The van der Waals surface area contributed by atoms with Gasteiger partial charge in [0, 0.05) is 17.7 Å². The predicted octanol–water partition coefficient (Wildman–Crippen LogP) is 7.08. The Kier molecular flexibility index (Phi) is 7.74. The summed E-state index contributed by atoms with van der Waals surface area (Å²) in [6, 6.07) is 20.8. The fraction of sp³-hybridized carbons (Fsp3) is 0.267. The van der Waals surface area contributed by atoms with Gasteiger partial charge in [0.2, 0.25) is 0 Å². The summed E-state index contributed by atoms with van der Waals surface area (Å²) in [7, 11) is 0. The van der Waals surface area contributed by atoms with Crippen molar-refractivity contribution in [2.24, 2.45) is 0 Å². The second-order valence-corrected chi connectivity index (χ2v) is 8.74. The number of rotatable bonds is 9. The number of fused-ring (bicyclic) bond motifs is 1. The predicted molar refractivity (Wildman–Crippen MR) is 143 cm³/mol. The van der Waals surface area contributed by atoms with Gasteiger partial charge < -0.3 is 18.8 Å². The average Bonchev–Trinajstić information content (AvgIpc) is 3.22. The molecule has 6 heteroatoms. The Balaban J connectivity index is 1.76. The lowest BCUT2D eigenvalue weighted by Gasteiger charge is -2.14. The lowest BCUT2D eigenvalue weighted by molar-refractivity contribution is 0.0693. The van der Waals surface area contributed by atoms with Crippen LogP contribution >= 0.6 is 0 Å². The maximum absolute atomic E-state index is 13.1. The van der Waals surface area contributed by atoms with E-state index in [0.717, 1.165) is 27.9 Å². The van der Waals surface area contributed by atoms with E-state index >= 15 is 0 Å². The molecule has 4 aromatic rings. The van der Waals surface area contributed by atoms with E-state index in [1.807, 2.05) is 51.1 Å². The SMILES string of the molecule is CCOc1ccc(C(=O)O/C(=C\c2nc3cc(C)ccc3n2C(C)C)c2ccc(OCC)cc2)cc1. The summed E-state index contributed by atoms with van der Waals surface area (Å²) >= 11 is 0. The van der Waals surface area contributed by atoms with Crippen LogP contribution in [-0.4, -0.2) is 28.7 Å². The fourth-order valence-corrected chi connectivity index (χ4v) is 4.06. The van der Waals surface area contributed by atoms with Crippen LogP contribution in [0, 0.1) is 6.92 Å². The molecule has 0 atom stereocenters. The quantitative estimate of drug-likeness (QED) is 0.188. The molecule has 0 radical (unpaired) electrons. The van der Waals surface area contributed by atoms with Crippen LogP contribution in [0.4, 0.5) is 0 Å². The Morgan fingerprint density at radius 1 is 0.889 bits per heavy atom. The fourth-order valence-electron chi connectivity index (χ4n) is 4.06. The number of imidazole rings is 1. The second kappa shape index (κ2) is 11.1. The number of carbonyl (C=O) groups excluding carboxylic acids is 1. The van der Waals surface area contributed by atoms with Crippen LogP contribution in [0.5, 0.6) is 11.5 Å². The van der Waals surface area contributed by atoms with E-state index < -0.39 is 5.97 Å². The number of nitrogens with zero attached hydrogens (tertiary/aromatic N) is 2. The second-order valence-electron chi connectivity index (χ2n) is 8.74. The highest BCUT2D eigenvalue weighted by molar-refractivity contribution is 5.95. The maximum atomic E-state index is 13.1. The summed E-state index contributed by atoms with van der Waals surface area (Å²) in [5.74, 6) is 2.13. The Morgan fingerprint density at radius 3 is 2.03 bits per heavy atom. The van der Waals surface area contributed by atoms with E-state index in [9.17, 15) is 4.79 Å². The molecule has 0 fully saturated rings. The van der Waals surface area contributed by atoms with Gasteiger partial charge in [-0.25, -0.2) is 9.78 Å². The highest BCUT2D eigenvalue weighted by atomic mass is 16.5. The van der Waals surface area contributed by atoms with Gasteiger partial charge in [0.05, 0.1) is 29.8 Å². The molecule has 0 aliphatic heterocycles. The van der Waals surface area contributed by atoms with E-state index in [0.29, 0.717) is 36.1 Å². The van der Waals surface area contributed by atoms with Gasteiger partial charge in [0.15, 0.2) is 0 Å². The molecule has 3 aromatic carbocycles. The zero-order valence-electron chi connectivity index (χ0n) is 21.4. The topological polar surface area (TPSA) is 62.6 Å². The van der Waals surface area contributed by atoms with Crippen LogP contribution in [0.1, 0.15) is 61.0 Å². The molecule has 0 amide bonds. The number of hydrogen-bond donors (Lipinski definition) is 0. The first kappa shape index (κ1) is 25.0. The highest BCUT2D eigenvalue weighted by Crippen LogP contribution is 2.28. The number of hydrogen-bond acceptors (Lipinski definition) is 5. The van der Waals surface area contributed by atoms with Gasteiger partial charge in [0.1, 0.15) is 23.1 Å². The minimum atomic E-state index is -0.457. The van der Waals surface area contributed by atoms with Crippen molar-refractivity contribution in [1.29, 1.82) is 0 Å². The molecule has 0 saturated carbocycles. The van der Waals surface area contributed by atoms with E-state index in [-0.39, 0.29) is 6.04 Å². The van der Waals surface area contributed by atoms with E-state index in [1.165, 1.54) is 0 Å². The summed E-state index contributed by atoms with van der Waals surface area (Å²) in [6.45, 7) is 11.3. The van der Waals surface area contributed by atoms with Crippen LogP contribution in [0.2, 0.25) is 0 Å². The standard InChI is InChI=1S/C30H32N2O4/c1-6-34-24-13-9-22(10-14-24)28(36-30(33)23-11-15-25(16-12-23)35-7-2)19-29-31-26-18-21(5)8-17-27(26)32(29)20(3)4/h8-20H,6-7H2,1-5H3/b28-19-. The summed E-state index contributed by atoms with van der Waals surface area (Å²) < 4.78 is 19.2. The summed E-state index contributed by atoms with van der Waals surface area (Å²) in [5.41, 5.74) is 4.25.